The summed E-state index contributed by atoms with van der Waals surface area (Å²) in [6.07, 6.45) is 4.90. The van der Waals surface area contributed by atoms with Crippen molar-refractivity contribution in [2.24, 2.45) is 0 Å². The third-order valence-electron chi connectivity index (χ3n) is 6.04. The minimum absolute atomic E-state index is 0.0956. The molecule has 2 fully saturated rings. The monoisotopic (exact) mass is 452 g/mol. The van der Waals surface area contributed by atoms with Crippen molar-refractivity contribution in [3.8, 4) is 5.75 Å². The average Bonchev–Trinajstić information content (AvgIpc) is 3.38. The lowest BCUT2D eigenvalue weighted by atomic mass is 10.1. The molecular formula is C26H32N2O5. The van der Waals surface area contributed by atoms with Crippen molar-refractivity contribution in [3.63, 3.8) is 0 Å². The SMILES string of the molecule is CC(OC(=O)c1cccc(OCC2CCCO2)c1)C(=O)Nc1ccc(N2CCCCC2)cc1. The minimum Gasteiger partial charge on any atom is -0.491 e. The van der Waals surface area contributed by atoms with Crippen LogP contribution in [0.3, 0.4) is 0 Å². The maximum absolute atomic E-state index is 12.6. The lowest BCUT2D eigenvalue weighted by molar-refractivity contribution is -0.123. The van der Waals surface area contributed by atoms with Crippen molar-refractivity contribution in [3.05, 3.63) is 54.1 Å². The van der Waals surface area contributed by atoms with Crippen molar-refractivity contribution in [2.45, 2.75) is 51.2 Å². The molecule has 1 N–H and O–H groups in total. The fraction of sp³-hybridized carbons (Fsp3) is 0.462. The molecule has 7 nitrogen and oxygen atoms in total. The molecule has 2 heterocycles. The Kier molecular flexibility index (Phi) is 7.83. The van der Waals surface area contributed by atoms with Crippen LogP contribution in [-0.2, 0) is 14.3 Å². The predicted octanol–water partition coefficient (Wildman–Crippen LogP) is 4.42. The third kappa shape index (κ3) is 6.48. The molecular weight excluding hydrogens is 420 g/mol. The zero-order chi connectivity index (χ0) is 23.0. The van der Waals surface area contributed by atoms with Gasteiger partial charge in [0.25, 0.3) is 5.91 Å². The number of amides is 1. The van der Waals surface area contributed by atoms with Gasteiger partial charge in [0.1, 0.15) is 12.4 Å². The zero-order valence-electron chi connectivity index (χ0n) is 19.1. The van der Waals surface area contributed by atoms with E-state index < -0.39 is 12.1 Å². The Labute approximate surface area is 195 Å². The Morgan fingerprint density at radius 3 is 2.61 bits per heavy atom. The predicted molar refractivity (Wildman–Crippen MR) is 127 cm³/mol. The molecule has 0 bridgehead atoms. The van der Waals surface area contributed by atoms with Gasteiger partial charge in [0, 0.05) is 31.1 Å². The molecule has 2 saturated heterocycles. The van der Waals surface area contributed by atoms with Crippen LogP contribution in [0.5, 0.6) is 5.75 Å². The van der Waals surface area contributed by atoms with Crippen molar-refractivity contribution >= 4 is 23.3 Å². The number of nitrogens with zero attached hydrogens (tertiary/aromatic N) is 1. The van der Waals surface area contributed by atoms with E-state index in [9.17, 15) is 9.59 Å². The topological polar surface area (TPSA) is 77.1 Å². The standard InChI is InChI=1S/C26H32N2O5/c1-19(25(29)27-21-10-12-22(13-11-21)28-14-3-2-4-15-28)33-26(30)20-7-5-8-23(17-20)32-18-24-9-6-16-31-24/h5,7-8,10-13,17,19,24H,2-4,6,9,14-16,18H2,1H3,(H,27,29). The third-order valence-corrected chi connectivity index (χ3v) is 6.04. The summed E-state index contributed by atoms with van der Waals surface area (Å²) in [5.74, 6) is -0.369. The summed E-state index contributed by atoms with van der Waals surface area (Å²) in [5.41, 5.74) is 2.17. The molecule has 2 aromatic carbocycles. The van der Waals surface area contributed by atoms with Crippen molar-refractivity contribution in [1.29, 1.82) is 0 Å². The molecule has 4 rings (SSSR count). The van der Waals surface area contributed by atoms with Gasteiger partial charge < -0.3 is 24.4 Å². The van der Waals surface area contributed by atoms with Gasteiger partial charge >= 0.3 is 5.97 Å². The second-order valence-corrected chi connectivity index (χ2v) is 8.61. The Balaban J connectivity index is 1.27. The number of ether oxygens (including phenoxy) is 3. The van der Waals surface area contributed by atoms with Gasteiger partial charge in [-0.2, -0.15) is 0 Å². The van der Waals surface area contributed by atoms with Crippen LogP contribution in [0.15, 0.2) is 48.5 Å². The van der Waals surface area contributed by atoms with E-state index in [0.29, 0.717) is 23.6 Å². The molecule has 0 spiro atoms. The van der Waals surface area contributed by atoms with Gasteiger partial charge in [-0.3, -0.25) is 4.79 Å². The van der Waals surface area contributed by atoms with Gasteiger partial charge in [-0.1, -0.05) is 6.07 Å². The van der Waals surface area contributed by atoms with E-state index in [2.05, 4.69) is 10.2 Å². The van der Waals surface area contributed by atoms with Crippen molar-refractivity contribution in [2.75, 3.05) is 36.5 Å². The number of nitrogens with one attached hydrogen (secondary N) is 1. The lowest BCUT2D eigenvalue weighted by Gasteiger charge is -2.28. The van der Waals surface area contributed by atoms with E-state index in [1.54, 1.807) is 31.2 Å². The van der Waals surface area contributed by atoms with E-state index in [1.807, 2.05) is 24.3 Å². The Morgan fingerprint density at radius 2 is 1.88 bits per heavy atom. The summed E-state index contributed by atoms with van der Waals surface area (Å²) >= 11 is 0. The second kappa shape index (κ2) is 11.2. The van der Waals surface area contributed by atoms with Crippen LogP contribution in [0.25, 0.3) is 0 Å². The molecule has 2 aliphatic rings. The molecule has 0 aromatic heterocycles. The molecule has 0 saturated carbocycles. The first kappa shape index (κ1) is 23.1. The maximum Gasteiger partial charge on any atom is 0.339 e. The number of esters is 1. The van der Waals surface area contributed by atoms with Crippen LogP contribution >= 0.6 is 0 Å². The van der Waals surface area contributed by atoms with Crippen LogP contribution in [0, 0.1) is 0 Å². The molecule has 7 heteroatoms. The number of hydrogen-bond donors (Lipinski definition) is 1. The number of anilines is 2. The summed E-state index contributed by atoms with van der Waals surface area (Å²) in [6.45, 7) is 4.92. The van der Waals surface area contributed by atoms with Gasteiger partial charge in [-0.05, 0) is 81.5 Å². The number of carbonyl (C=O) groups is 2. The summed E-state index contributed by atoms with van der Waals surface area (Å²) in [6, 6.07) is 14.6. The van der Waals surface area contributed by atoms with Crippen molar-refractivity contribution in [1.82, 2.24) is 0 Å². The highest BCUT2D eigenvalue weighted by Gasteiger charge is 2.20. The highest BCUT2D eigenvalue weighted by atomic mass is 16.5. The highest BCUT2D eigenvalue weighted by Crippen LogP contribution is 2.22. The van der Waals surface area contributed by atoms with Crippen LogP contribution < -0.4 is 15.0 Å². The number of rotatable bonds is 8. The fourth-order valence-corrected chi connectivity index (χ4v) is 4.11. The van der Waals surface area contributed by atoms with Gasteiger partial charge in [0.15, 0.2) is 6.10 Å². The van der Waals surface area contributed by atoms with Gasteiger partial charge in [0.05, 0.1) is 11.7 Å². The summed E-state index contributed by atoms with van der Waals surface area (Å²) < 4.78 is 16.7. The number of hydrogen-bond acceptors (Lipinski definition) is 6. The molecule has 2 aliphatic heterocycles. The van der Waals surface area contributed by atoms with Crippen LogP contribution in [0.2, 0.25) is 0 Å². The van der Waals surface area contributed by atoms with E-state index in [4.69, 9.17) is 14.2 Å². The molecule has 33 heavy (non-hydrogen) atoms. The summed E-state index contributed by atoms with van der Waals surface area (Å²) in [5, 5.41) is 2.82. The molecule has 176 valence electrons. The normalized spacial score (nSPS) is 19.1. The first-order valence-electron chi connectivity index (χ1n) is 11.8. The Morgan fingerprint density at radius 1 is 1.09 bits per heavy atom. The molecule has 0 radical (unpaired) electrons. The minimum atomic E-state index is -0.935. The number of benzene rings is 2. The second-order valence-electron chi connectivity index (χ2n) is 8.61. The number of piperidine rings is 1. The van der Waals surface area contributed by atoms with E-state index >= 15 is 0 Å². The lowest BCUT2D eigenvalue weighted by Crippen LogP contribution is -2.30. The molecule has 2 aromatic rings. The summed E-state index contributed by atoms with van der Waals surface area (Å²) in [7, 11) is 0. The smallest absolute Gasteiger partial charge is 0.339 e. The highest BCUT2D eigenvalue weighted by molar-refractivity contribution is 5.97. The quantitative estimate of drug-likeness (QED) is 0.598. The fourth-order valence-electron chi connectivity index (χ4n) is 4.11. The first-order valence-corrected chi connectivity index (χ1v) is 11.8. The van der Waals surface area contributed by atoms with Crippen LogP contribution in [0.1, 0.15) is 49.4 Å². The zero-order valence-corrected chi connectivity index (χ0v) is 19.1. The first-order chi connectivity index (χ1) is 16.1. The number of carbonyl (C=O) groups excluding carboxylic acids is 2. The van der Waals surface area contributed by atoms with Gasteiger partial charge in [-0.25, -0.2) is 4.79 Å². The van der Waals surface area contributed by atoms with E-state index in [0.717, 1.165) is 38.2 Å². The van der Waals surface area contributed by atoms with Crippen LogP contribution in [-0.4, -0.2) is 50.4 Å². The van der Waals surface area contributed by atoms with Gasteiger partial charge in [0.2, 0.25) is 0 Å². The Hall–Kier alpha value is -3.06. The average molecular weight is 453 g/mol. The molecule has 2 atom stereocenters. The Bertz CT molecular complexity index is 934. The maximum atomic E-state index is 12.6. The molecule has 2 unspecified atom stereocenters. The van der Waals surface area contributed by atoms with E-state index in [-0.39, 0.29) is 12.0 Å². The molecule has 1 amide bonds. The molecule has 0 aliphatic carbocycles. The van der Waals surface area contributed by atoms with Crippen molar-refractivity contribution < 1.29 is 23.8 Å². The van der Waals surface area contributed by atoms with E-state index in [1.165, 1.54) is 19.3 Å². The van der Waals surface area contributed by atoms with Gasteiger partial charge in [-0.15, -0.1) is 0 Å². The summed E-state index contributed by atoms with van der Waals surface area (Å²) in [4.78, 5) is 27.5. The van der Waals surface area contributed by atoms with Crippen LogP contribution in [0.4, 0.5) is 11.4 Å². The largest absolute Gasteiger partial charge is 0.491 e.